The molecule has 19 heavy (non-hydrogen) atoms. The molecular weight excluding hydrogens is 247 g/mol. The van der Waals surface area contributed by atoms with Crippen LogP contribution in [0.2, 0.25) is 0 Å². The summed E-state index contributed by atoms with van der Waals surface area (Å²) in [4.78, 5) is 4.03. The van der Waals surface area contributed by atoms with Gasteiger partial charge in [-0.3, -0.25) is 4.98 Å². The molecule has 1 aromatic carbocycles. The third-order valence-corrected chi connectivity index (χ3v) is 2.84. The van der Waals surface area contributed by atoms with Crippen molar-refractivity contribution in [3.8, 4) is 0 Å². The molecule has 0 saturated heterocycles. The largest absolute Gasteiger partial charge is 0.362 e. The number of nitrogens with one attached hydrogen (secondary N) is 1. The van der Waals surface area contributed by atoms with Crippen LogP contribution in [0.1, 0.15) is 18.5 Å². The maximum Gasteiger partial charge on any atom is 0.199 e. The van der Waals surface area contributed by atoms with Crippen LogP contribution >= 0.6 is 0 Å². The molecule has 1 N–H and O–H groups in total. The van der Waals surface area contributed by atoms with Crippen molar-refractivity contribution in [1.82, 2.24) is 25.0 Å². The first-order valence-electron chi connectivity index (χ1n) is 5.79. The van der Waals surface area contributed by atoms with E-state index in [1.807, 2.05) is 6.92 Å². The van der Waals surface area contributed by atoms with E-state index >= 15 is 0 Å². The zero-order chi connectivity index (χ0) is 13.2. The van der Waals surface area contributed by atoms with Crippen molar-refractivity contribution >= 4 is 11.5 Å². The lowest BCUT2D eigenvalue weighted by Crippen LogP contribution is -2.12. The average Bonchev–Trinajstić information content (AvgIpc) is 2.88. The van der Waals surface area contributed by atoms with Crippen molar-refractivity contribution in [3.63, 3.8) is 0 Å². The first-order valence-corrected chi connectivity index (χ1v) is 5.79. The number of hydrogen-bond acceptors (Lipinski definition) is 5. The van der Waals surface area contributed by atoms with E-state index in [1.165, 1.54) is 10.6 Å². The molecule has 0 aliphatic rings. The molecule has 7 heteroatoms. The molecule has 2 heterocycles. The second kappa shape index (κ2) is 4.60. The fraction of sp³-hybridized carbons (Fsp3) is 0.167. The summed E-state index contributed by atoms with van der Waals surface area (Å²) >= 11 is 0. The van der Waals surface area contributed by atoms with Gasteiger partial charge in [-0.25, -0.2) is 4.39 Å². The molecular formula is C12H11FN6. The van der Waals surface area contributed by atoms with E-state index in [2.05, 4.69) is 25.8 Å². The van der Waals surface area contributed by atoms with Crippen molar-refractivity contribution in [2.24, 2.45) is 0 Å². The Hall–Kier alpha value is -2.57. The molecule has 3 aromatic rings. The topological polar surface area (TPSA) is 68.0 Å². The molecule has 6 nitrogen and oxygen atoms in total. The van der Waals surface area contributed by atoms with Crippen LogP contribution in [0, 0.1) is 5.82 Å². The predicted octanol–water partition coefficient (Wildman–Crippen LogP) is 1.83. The summed E-state index contributed by atoms with van der Waals surface area (Å²) in [6, 6.07) is 6.41. The van der Waals surface area contributed by atoms with E-state index in [4.69, 9.17) is 0 Å². The Balaban J connectivity index is 1.93. The van der Waals surface area contributed by atoms with Crippen molar-refractivity contribution in [1.29, 1.82) is 0 Å². The highest BCUT2D eigenvalue weighted by molar-refractivity contribution is 5.45. The summed E-state index contributed by atoms with van der Waals surface area (Å²) in [6.45, 7) is 1.86. The molecule has 0 amide bonds. The van der Waals surface area contributed by atoms with Gasteiger partial charge < -0.3 is 5.32 Å². The number of nitrogens with zero attached hydrogens (tertiary/aromatic N) is 5. The van der Waals surface area contributed by atoms with Crippen LogP contribution in [0.3, 0.4) is 0 Å². The minimum Gasteiger partial charge on any atom is -0.362 e. The molecule has 0 spiro atoms. The fourth-order valence-electron chi connectivity index (χ4n) is 1.90. The lowest BCUT2D eigenvalue weighted by Gasteiger charge is -2.16. The Bertz CT molecular complexity index is 710. The predicted molar refractivity (Wildman–Crippen MR) is 67.0 cm³/mol. The highest BCUT2D eigenvalue weighted by atomic mass is 19.1. The summed E-state index contributed by atoms with van der Waals surface area (Å²) < 4.78 is 15.2. The van der Waals surface area contributed by atoms with E-state index in [-0.39, 0.29) is 11.9 Å². The Morgan fingerprint density at radius 1 is 1.26 bits per heavy atom. The maximum absolute atomic E-state index is 13.7. The molecule has 0 fully saturated rings. The Kier molecular flexibility index (Phi) is 2.79. The molecule has 96 valence electrons. The average molecular weight is 258 g/mol. The molecule has 0 aliphatic carbocycles. The summed E-state index contributed by atoms with van der Waals surface area (Å²) in [6.07, 6.45) is 3.15. The fourth-order valence-corrected chi connectivity index (χ4v) is 1.90. The molecule has 1 unspecified atom stereocenters. The standard InChI is InChI=1S/C12H11FN6/c1-8(9-4-2-3-5-10(9)13)15-11-6-14-7-12-16-17-18-19(11)12/h2-8,15H,1H3. The number of benzene rings is 1. The monoisotopic (exact) mass is 258 g/mol. The second-order valence-corrected chi connectivity index (χ2v) is 4.13. The van der Waals surface area contributed by atoms with Gasteiger partial charge in [-0.2, -0.15) is 4.52 Å². The summed E-state index contributed by atoms with van der Waals surface area (Å²) in [5.41, 5.74) is 1.11. The van der Waals surface area contributed by atoms with Crippen LogP contribution in [0.4, 0.5) is 10.2 Å². The number of anilines is 1. The van der Waals surface area contributed by atoms with Crippen LogP contribution in [0.25, 0.3) is 5.65 Å². The minimum atomic E-state index is -0.251. The Morgan fingerprint density at radius 3 is 2.95 bits per heavy atom. The summed E-state index contributed by atoms with van der Waals surface area (Å²) in [5, 5.41) is 14.4. The molecule has 3 rings (SSSR count). The highest BCUT2D eigenvalue weighted by Crippen LogP contribution is 2.20. The smallest absolute Gasteiger partial charge is 0.199 e. The van der Waals surface area contributed by atoms with Crippen LogP contribution in [0.5, 0.6) is 0 Å². The summed E-state index contributed by atoms with van der Waals surface area (Å²) in [5.74, 6) is 0.359. The van der Waals surface area contributed by atoms with Gasteiger partial charge in [-0.15, -0.1) is 5.10 Å². The SMILES string of the molecule is CC(Nc1cncc2nnnn12)c1ccccc1F. The molecule has 0 radical (unpaired) electrons. The van der Waals surface area contributed by atoms with Crippen molar-refractivity contribution in [2.45, 2.75) is 13.0 Å². The van der Waals surface area contributed by atoms with Gasteiger partial charge in [0.25, 0.3) is 0 Å². The van der Waals surface area contributed by atoms with Gasteiger partial charge in [0.2, 0.25) is 0 Å². The molecule has 0 bridgehead atoms. The quantitative estimate of drug-likeness (QED) is 0.776. The first kappa shape index (κ1) is 11.5. The van der Waals surface area contributed by atoms with Crippen molar-refractivity contribution in [2.75, 3.05) is 5.32 Å². The highest BCUT2D eigenvalue weighted by Gasteiger charge is 2.12. The maximum atomic E-state index is 13.7. The van der Waals surface area contributed by atoms with Gasteiger partial charge in [-0.1, -0.05) is 18.2 Å². The van der Waals surface area contributed by atoms with E-state index < -0.39 is 0 Å². The number of aromatic nitrogens is 5. The van der Waals surface area contributed by atoms with E-state index in [0.717, 1.165) is 0 Å². The van der Waals surface area contributed by atoms with Gasteiger partial charge in [0, 0.05) is 5.56 Å². The van der Waals surface area contributed by atoms with E-state index in [0.29, 0.717) is 17.0 Å². The first-order chi connectivity index (χ1) is 9.25. The van der Waals surface area contributed by atoms with Crippen LogP contribution in [-0.4, -0.2) is 25.0 Å². The minimum absolute atomic E-state index is 0.224. The summed E-state index contributed by atoms with van der Waals surface area (Å²) in [7, 11) is 0. The van der Waals surface area contributed by atoms with Gasteiger partial charge in [0.15, 0.2) is 11.5 Å². The van der Waals surface area contributed by atoms with Gasteiger partial charge >= 0.3 is 0 Å². The number of tetrazole rings is 1. The third kappa shape index (κ3) is 2.10. The van der Waals surface area contributed by atoms with E-state index in [9.17, 15) is 4.39 Å². The number of fused-ring (bicyclic) bond motifs is 1. The van der Waals surface area contributed by atoms with Crippen molar-refractivity contribution < 1.29 is 4.39 Å². The van der Waals surface area contributed by atoms with Crippen LogP contribution in [0.15, 0.2) is 36.7 Å². The van der Waals surface area contributed by atoms with Gasteiger partial charge in [0.05, 0.1) is 18.4 Å². The number of rotatable bonds is 3. The zero-order valence-electron chi connectivity index (χ0n) is 10.2. The van der Waals surface area contributed by atoms with Gasteiger partial charge in [0.1, 0.15) is 5.82 Å². The molecule has 2 aromatic heterocycles. The van der Waals surface area contributed by atoms with Crippen LogP contribution in [-0.2, 0) is 0 Å². The lowest BCUT2D eigenvalue weighted by molar-refractivity contribution is 0.599. The number of hydrogen-bond donors (Lipinski definition) is 1. The Labute approximate surface area is 108 Å². The molecule has 0 saturated carbocycles. The normalized spacial score (nSPS) is 12.5. The lowest BCUT2D eigenvalue weighted by atomic mass is 10.1. The van der Waals surface area contributed by atoms with Crippen molar-refractivity contribution in [3.05, 3.63) is 48.0 Å². The van der Waals surface area contributed by atoms with E-state index in [1.54, 1.807) is 30.6 Å². The Morgan fingerprint density at radius 2 is 2.11 bits per heavy atom. The van der Waals surface area contributed by atoms with Gasteiger partial charge in [-0.05, 0) is 23.4 Å². The number of halogens is 1. The second-order valence-electron chi connectivity index (χ2n) is 4.13. The molecule has 0 aliphatic heterocycles. The molecule has 1 atom stereocenters. The van der Waals surface area contributed by atoms with Crippen LogP contribution < -0.4 is 5.32 Å². The zero-order valence-corrected chi connectivity index (χ0v) is 10.2. The third-order valence-electron chi connectivity index (χ3n) is 2.84.